The number of fused-ring (bicyclic) bond motifs is 3. The van der Waals surface area contributed by atoms with Crippen molar-refractivity contribution in [1.82, 2.24) is 15.0 Å². The largest absolute Gasteiger partial charge is 0.349 e. The Morgan fingerprint density at radius 3 is 2.59 bits per heavy atom. The van der Waals surface area contributed by atoms with Gasteiger partial charge in [-0.05, 0) is 12.1 Å². The highest BCUT2D eigenvalue weighted by Gasteiger charge is 2.13. The van der Waals surface area contributed by atoms with Crippen LogP contribution in [0, 0.1) is 5.82 Å². The first-order valence-corrected chi connectivity index (χ1v) is 5.48. The number of rotatable bonds is 0. The van der Waals surface area contributed by atoms with Gasteiger partial charge in [0, 0.05) is 4.47 Å². The fourth-order valence-corrected chi connectivity index (χ4v) is 2.28. The summed E-state index contributed by atoms with van der Waals surface area (Å²) in [5, 5.41) is 0.200. The maximum absolute atomic E-state index is 13.8. The molecule has 0 radical (unpaired) electrons. The van der Waals surface area contributed by atoms with Gasteiger partial charge in [-0.25, -0.2) is 9.18 Å². The van der Waals surface area contributed by atoms with Crippen molar-refractivity contribution >= 4 is 37.9 Å². The van der Waals surface area contributed by atoms with Crippen molar-refractivity contribution in [3.05, 3.63) is 43.3 Å². The van der Waals surface area contributed by atoms with Crippen LogP contribution in [0.3, 0.4) is 0 Å². The number of halogens is 2. The molecule has 3 aromatic rings. The molecule has 0 aliphatic carbocycles. The molecule has 0 fully saturated rings. The highest BCUT2D eigenvalue weighted by molar-refractivity contribution is 9.10. The molecule has 0 saturated heterocycles. The molecule has 5 nitrogen and oxygen atoms in total. The zero-order chi connectivity index (χ0) is 12.2. The highest BCUT2D eigenvalue weighted by Crippen LogP contribution is 2.27. The summed E-state index contributed by atoms with van der Waals surface area (Å²) >= 11 is 3.16. The average molecular weight is 298 g/mol. The summed E-state index contributed by atoms with van der Waals surface area (Å²) < 4.78 is 14.3. The minimum Gasteiger partial charge on any atom is -0.349 e. The van der Waals surface area contributed by atoms with Crippen LogP contribution in [0.15, 0.2) is 26.2 Å². The van der Waals surface area contributed by atoms with Gasteiger partial charge in [0.15, 0.2) is 0 Å². The van der Waals surface area contributed by atoms with E-state index in [2.05, 4.69) is 30.9 Å². The molecule has 0 saturated carbocycles. The summed E-state index contributed by atoms with van der Waals surface area (Å²) in [6, 6.07) is 2.91. The van der Waals surface area contributed by atoms with Gasteiger partial charge in [0.1, 0.15) is 11.3 Å². The van der Waals surface area contributed by atoms with E-state index in [1.54, 1.807) is 6.07 Å². The predicted molar refractivity (Wildman–Crippen MR) is 64.7 cm³/mol. The Kier molecular flexibility index (Phi) is 1.99. The van der Waals surface area contributed by atoms with Crippen LogP contribution >= 0.6 is 15.9 Å². The first-order chi connectivity index (χ1) is 8.06. The number of hydrogen-bond donors (Lipinski definition) is 3. The Hall–Kier alpha value is -1.89. The molecule has 7 heteroatoms. The SMILES string of the molecule is O=c1[nH]c(=O)c2[nH]c3cc(Br)cc(F)c3c2[nH]1. The minimum atomic E-state index is -0.661. The number of aromatic nitrogens is 3. The molecule has 17 heavy (non-hydrogen) atoms. The first kappa shape index (κ1) is 10.3. The number of H-pyrrole nitrogens is 3. The van der Waals surface area contributed by atoms with Crippen LogP contribution in [-0.2, 0) is 0 Å². The summed E-state index contributed by atoms with van der Waals surface area (Å²) in [5.74, 6) is -0.512. The number of hydrogen-bond acceptors (Lipinski definition) is 2. The molecule has 0 atom stereocenters. The van der Waals surface area contributed by atoms with Crippen LogP contribution in [-0.4, -0.2) is 15.0 Å². The summed E-state index contributed by atoms with van der Waals surface area (Å²) in [7, 11) is 0. The second-order valence-electron chi connectivity index (χ2n) is 3.59. The van der Waals surface area contributed by atoms with Crippen LogP contribution in [0.5, 0.6) is 0 Å². The van der Waals surface area contributed by atoms with E-state index in [9.17, 15) is 14.0 Å². The van der Waals surface area contributed by atoms with E-state index in [-0.39, 0.29) is 16.4 Å². The Balaban J connectivity index is 2.70. The van der Waals surface area contributed by atoms with E-state index >= 15 is 0 Å². The third-order valence-electron chi connectivity index (χ3n) is 2.51. The number of aromatic amines is 3. The Labute approximate surface area is 101 Å². The van der Waals surface area contributed by atoms with Gasteiger partial charge in [-0.3, -0.25) is 9.78 Å². The lowest BCUT2D eigenvalue weighted by molar-refractivity contribution is 0.639. The molecule has 0 aliphatic heterocycles. The Morgan fingerprint density at radius 2 is 1.82 bits per heavy atom. The molecule has 1 aromatic carbocycles. The molecular weight excluding hydrogens is 293 g/mol. The second kappa shape index (κ2) is 3.30. The fourth-order valence-electron chi connectivity index (χ4n) is 1.85. The Morgan fingerprint density at radius 1 is 1.06 bits per heavy atom. The summed E-state index contributed by atoms with van der Waals surface area (Å²) in [4.78, 5) is 30.0. The topological polar surface area (TPSA) is 81.5 Å². The van der Waals surface area contributed by atoms with E-state index in [1.807, 2.05) is 0 Å². The molecule has 0 amide bonds. The fraction of sp³-hybridized carbons (Fsp3) is 0. The van der Waals surface area contributed by atoms with Crippen molar-refractivity contribution < 1.29 is 4.39 Å². The molecule has 3 rings (SSSR count). The van der Waals surface area contributed by atoms with Crippen molar-refractivity contribution in [3.63, 3.8) is 0 Å². The third-order valence-corrected chi connectivity index (χ3v) is 2.97. The standard InChI is InChI=1S/C10H5BrFN3O2/c11-3-1-4(12)6-5(2-3)13-8-7(6)14-10(17)15-9(8)16/h1-2,13H,(H2,14,15,16,17). The van der Waals surface area contributed by atoms with Crippen LogP contribution in [0.2, 0.25) is 0 Å². The van der Waals surface area contributed by atoms with Crippen molar-refractivity contribution in [2.24, 2.45) is 0 Å². The number of nitrogens with one attached hydrogen (secondary N) is 3. The van der Waals surface area contributed by atoms with E-state index in [1.165, 1.54) is 6.07 Å². The van der Waals surface area contributed by atoms with Crippen molar-refractivity contribution in [3.8, 4) is 0 Å². The van der Waals surface area contributed by atoms with E-state index in [0.29, 0.717) is 9.99 Å². The van der Waals surface area contributed by atoms with E-state index in [4.69, 9.17) is 0 Å². The quantitative estimate of drug-likeness (QED) is 0.589. The highest BCUT2D eigenvalue weighted by atomic mass is 79.9. The zero-order valence-corrected chi connectivity index (χ0v) is 9.81. The minimum absolute atomic E-state index is 0.150. The third kappa shape index (κ3) is 1.42. The zero-order valence-electron chi connectivity index (χ0n) is 8.23. The lowest BCUT2D eigenvalue weighted by Crippen LogP contribution is -2.21. The Bertz CT molecular complexity index is 861. The van der Waals surface area contributed by atoms with Crippen molar-refractivity contribution in [2.45, 2.75) is 0 Å². The molecule has 0 unspecified atom stereocenters. The molecule has 86 valence electrons. The molecule has 2 aromatic heterocycles. The second-order valence-corrected chi connectivity index (χ2v) is 4.51. The molecular formula is C10H5BrFN3O2. The van der Waals surface area contributed by atoms with Gasteiger partial charge in [-0.2, -0.15) is 0 Å². The van der Waals surface area contributed by atoms with Gasteiger partial charge in [0.25, 0.3) is 5.56 Å². The van der Waals surface area contributed by atoms with Gasteiger partial charge in [-0.1, -0.05) is 15.9 Å². The smallest absolute Gasteiger partial charge is 0.326 e. The van der Waals surface area contributed by atoms with Gasteiger partial charge in [-0.15, -0.1) is 0 Å². The van der Waals surface area contributed by atoms with Gasteiger partial charge in [0.2, 0.25) is 0 Å². The summed E-state index contributed by atoms with van der Waals surface area (Å²) in [6.07, 6.45) is 0. The van der Waals surface area contributed by atoms with Gasteiger partial charge < -0.3 is 9.97 Å². The molecule has 0 bridgehead atoms. The molecule has 0 spiro atoms. The normalized spacial score (nSPS) is 11.4. The molecule has 0 aliphatic rings. The lowest BCUT2D eigenvalue weighted by Gasteiger charge is -1.94. The molecule has 2 heterocycles. The first-order valence-electron chi connectivity index (χ1n) is 4.69. The monoisotopic (exact) mass is 297 g/mol. The van der Waals surface area contributed by atoms with Gasteiger partial charge >= 0.3 is 5.69 Å². The van der Waals surface area contributed by atoms with Crippen molar-refractivity contribution in [1.29, 1.82) is 0 Å². The lowest BCUT2D eigenvalue weighted by atomic mass is 10.2. The van der Waals surface area contributed by atoms with Gasteiger partial charge in [0.05, 0.1) is 16.4 Å². The number of benzene rings is 1. The van der Waals surface area contributed by atoms with E-state index in [0.717, 1.165) is 0 Å². The van der Waals surface area contributed by atoms with Crippen LogP contribution in [0.4, 0.5) is 4.39 Å². The predicted octanol–water partition coefficient (Wildman–Crippen LogP) is 1.60. The van der Waals surface area contributed by atoms with Crippen molar-refractivity contribution in [2.75, 3.05) is 0 Å². The maximum atomic E-state index is 13.8. The molecule has 3 N–H and O–H groups in total. The van der Waals surface area contributed by atoms with E-state index < -0.39 is 17.1 Å². The average Bonchev–Trinajstić information content (AvgIpc) is 2.56. The summed E-state index contributed by atoms with van der Waals surface area (Å²) in [5.41, 5.74) is -0.462. The van der Waals surface area contributed by atoms with Crippen LogP contribution in [0.1, 0.15) is 0 Å². The van der Waals surface area contributed by atoms with Crippen LogP contribution in [0.25, 0.3) is 21.9 Å². The summed E-state index contributed by atoms with van der Waals surface area (Å²) in [6.45, 7) is 0. The van der Waals surface area contributed by atoms with Crippen LogP contribution < -0.4 is 11.2 Å². The maximum Gasteiger partial charge on any atom is 0.326 e.